The standard InChI is InChI=1S/C10H20O/c1-4-9-6-8(3)11-10(5-2)7-9/h8-10H,4-7H2,1-3H3/t8?,9?,10-/m1/s1. The quantitative estimate of drug-likeness (QED) is 0.597. The Labute approximate surface area is 70.1 Å². The maximum absolute atomic E-state index is 5.77. The van der Waals surface area contributed by atoms with Crippen molar-refractivity contribution in [3.05, 3.63) is 0 Å². The number of rotatable bonds is 2. The molecule has 1 heterocycles. The van der Waals surface area contributed by atoms with Crippen LogP contribution in [-0.2, 0) is 4.74 Å². The molecule has 66 valence electrons. The van der Waals surface area contributed by atoms with Gasteiger partial charge in [0.05, 0.1) is 12.2 Å². The van der Waals surface area contributed by atoms with E-state index >= 15 is 0 Å². The van der Waals surface area contributed by atoms with Crippen molar-refractivity contribution in [2.75, 3.05) is 0 Å². The van der Waals surface area contributed by atoms with Crippen LogP contribution in [-0.4, -0.2) is 12.2 Å². The predicted octanol–water partition coefficient (Wildman–Crippen LogP) is 2.99. The molecule has 0 aromatic heterocycles. The maximum Gasteiger partial charge on any atom is 0.0578 e. The van der Waals surface area contributed by atoms with E-state index in [2.05, 4.69) is 20.8 Å². The third-order valence-corrected chi connectivity index (χ3v) is 2.72. The average molecular weight is 156 g/mol. The fourth-order valence-electron chi connectivity index (χ4n) is 1.97. The Morgan fingerprint density at radius 1 is 1.18 bits per heavy atom. The van der Waals surface area contributed by atoms with Crippen LogP contribution >= 0.6 is 0 Å². The average Bonchev–Trinajstić information content (AvgIpc) is 2.03. The predicted molar refractivity (Wildman–Crippen MR) is 47.6 cm³/mol. The van der Waals surface area contributed by atoms with Crippen molar-refractivity contribution in [3.8, 4) is 0 Å². The van der Waals surface area contributed by atoms with Crippen LogP contribution in [0.1, 0.15) is 46.5 Å². The molecule has 0 N–H and O–H groups in total. The molecule has 3 atom stereocenters. The van der Waals surface area contributed by atoms with Crippen LogP contribution in [0.2, 0.25) is 0 Å². The Balaban J connectivity index is 2.37. The van der Waals surface area contributed by atoms with Gasteiger partial charge in [-0.25, -0.2) is 0 Å². The molecule has 1 aliphatic heterocycles. The van der Waals surface area contributed by atoms with E-state index in [-0.39, 0.29) is 0 Å². The molecule has 0 radical (unpaired) electrons. The molecule has 1 saturated heterocycles. The second kappa shape index (κ2) is 4.10. The summed E-state index contributed by atoms with van der Waals surface area (Å²) in [7, 11) is 0. The van der Waals surface area contributed by atoms with Gasteiger partial charge < -0.3 is 4.74 Å². The van der Waals surface area contributed by atoms with Gasteiger partial charge in [-0.05, 0) is 32.1 Å². The monoisotopic (exact) mass is 156 g/mol. The van der Waals surface area contributed by atoms with E-state index in [1.807, 2.05) is 0 Å². The third kappa shape index (κ3) is 2.48. The van der Waals surface area contributed by atoms with Crippen molar-refractivity contribution in [2.45, 2.75) is 58.7 Å². The molecule has 2 unspecified atom stereocenters. The van der Waals surface area contributed by atoms with E-state index in [9.17, 15) is 0 Å². The highest BCUT2D eigenvalue weighted by atomic mass is 16.5. The molecule has 0 aromatic carbocycles. The minimum Gasteiger partial charge on any atom is -0.375 e. The van der Waals surface area contributed by atoms with Crippen LogP contribution in [0.4, 0.5) is 0 Å². The van der Waals surface area contributed by atoms with Crippen molar-refractivity contribution < 1.29 is 4.74 Å². The van der Waals surface area contributed by atoms with Crippen molar-refractivity contribution in [1.29, 1.82) is 0 Å². The van der Waals surface area contributed by atoms with Crippen LogP contribution in [0.5, 0.6) is 0 Å². The molecule has 0 amide bonds. The van der Waals surface area contributed by atoms with Gasteiger partial charge in [0.2, 0.25) is 0 Å². The number of hydrogen-bond acceptors (Lipinski definition) is 1. The Kier molecular flexibility index (Phi) is 3.38. The summed E-state index contributed by atoms with van der Waals surface area (Å²) in [6, 6.07) is 0. The summed E-state index contributed by atoms with van der Waals surface area (Å²) in [6.45, 7) is 6.70. The topological polar surface area (TPSA) is 9.23 Å². The van der Waals surface area contributed by atoms with E-state index in [1.54, 1.807) is 0 Å². The Bertz CT molecular complexity index is 99.4. The van der Waals surface area contributed by atoms with Gasteiger partial charge in [-0.1, -0.05) is 20.3 Å². The largest absolute Gasteiger partial charge is 0.375 e. The van der Waals surface area contributed by atoms with E-state index in [0.717, 1.165) is 5.92 Å². The minimum absolute atomic E-state index is 0.499. The molecule has 0 spiro atoms. The molecule has 0 saturated carbocycles. The van der Waals surface area contributed by atoms with Gasteiger partial charge in [-0.15, -0.1) is 0 Å². The van der Waals surface area contributed by atoms with Crippen molar-refractivity contribution in [2.24, 2.45) is 5.92 Å². The molecule has 11 heavy (non-hydrogen) atoms. The van der Waals surface area contributed by atoms with E-state index in [1.165, 1.54) is 25.7 Å². The van der Waals surface area contributed by atoms with Crippen molar-refractivity contribution in [3.63, 3.8) is 0 Å². The van der Waals surface area contributed by atoms with E-state index in [4.69, 9.17) is 4.74 Å². The van der Waals surface area contributed by atoms with Crippen LogP contribution in [0.3, 0.4) is 0 Å². The molecule has 1 rings (SSSR count). The Morgan fingerprint density at radius 2 is 1.91 bits per heavy atom. The molecule has 1 aliphatic rings. The first-order chi connectivity index (χ1) is 5.26. The summed E-state index contributed by atoms with van der Waals surface area (Å²) in [5.41, 5.74) is 0. The lowest BCUT2D eigenvalue weighted by atomic mass is 9.89. The number of hydrogen-bond donors (Lipinski definition) is 0. The number of ether oxygens (including phenoxy) is 1. The molecular weight excluding hydrogens is 136 g/mol. The van der Waals surface area contributed by atoms with Gasteiger partial charge in [-0.2, -0.15) is 0 Å². The van der Waals surface area contributed by atoms with Crippen LogP contribution < -0.4 is 0 Å². The molecule has 0 bridgehead atoms. The molecule has 1 nitrogen and oxygen atoms in total. The lowest BCUT2D eigenvalue weighted by Gasteiger charge is -2.32. The molecule has 1 heteroatoms. The highest BCUT2D eigenvalue weighted by Crippen LogP contribution is 2.28. The summed E-state index contributed by atoms with van der Waals surface area (Å²) in [6.07, 6.45) is 6.11. The second-order valence-corrected chi connectivity index (χ2v) is 3.72. The van der Waals surface area contributed by atoms with Crippen molar-refractivity contribution in [1.82, 2.24) is 0 Å². The fraction of sp³-hybridized carbons (Fsp3) is 1.00. The smallest absolute Gasteiger partial charge is 0.0578 e. The first-order valence-electron chi connectivity index (χ1n) is 4.91. The third-order valence-electron chi connectivity index (χ3n) is 2.72. The van der Waals surface area contributed by atoms with Crippen LogP contribution in [0.15, 0.2) is 0 Å². The Hall–Kier alpha value is -0.0400. The first kappa shape index (κ1) is 9.05. The zero-order valence-corrected chi connectivity index (χ0v) is 7.97. The summed E-state index contributed by atoms with van der Waals surface area (Å²) < 4.78 is 5.77. The highest BCUT2D eigenvalue weighted by molar-refractivity contribution is 4.73. The maximum atomic E-state index is 5.77. The lowest BCUT2D eigenvalue weighted by Crippen LogP contribution is -2.30. The van der Waals surface area contributed by atoms with E-state index < -0.39 is 0 Å². The molecule has 0 aliphatic carbocycles. The van der Waals surface area contributed by atoms with Gasteiger partial charge in [0.1, 0.15) is 0 Å². The van der Waals surface area contributed by atoms with Crippen molar-refractivity contribution >= 4 is 0 Å². The molecule has 1 fully saturated rings. The Morgan fingerprint density at radius 3 is 2.45 bits per heavy atom. The van der Waals surface area contributed by atoms with Gasteiger partial charge in [-0.3, -0.25) is 0 Å². The lowest BCUT2D eigenvalue weighted by molar-refractivity contribution is -0.0632. The van der Waals surface area contributed by atoms with Gasteiger partial charge in [0, 0.05) is 0 Å². The minimum atomic E-state index is 0.499. The molecule has 0 aromatic rings. The SMILES string of the molecule is CCC1CC(C)O[C@H](CC)C1. The summed E-state index contributed by atoms with van der Waals surface area (Å²) in [4.78, 5) is 0. The summed E-state index contributed by atoms with van der Waals surface area (Å²) in [5, 5.41) is 0. The van der Waals surface area contributed by atoms with Crippen LogP contribution in [0.25, 0.3) is 0 Å². The van der Waals surface area contributed by atoms with Gasteiger partial charge >= 0.3 is 0 Å². The zero-order valence-electron chi connectivity index (χ0n) is 7.97. The fourth-order valence-corrected chi connectivity index (χ4v) is 1.97. The van der Waals surface area contributed by atoms with Gasteiger partial charge in [0.25, 0.3) is 0 Å². The van der Waals surface area contributed by atoms with E-state index in [0.29, 0.717) is 12.2 Å². The normalized spacial score (nSPS) is 39.0. The van der Waals surface area contributed by atoms with Gasteiger partial charge in [0.15, 0.2) is 0 Å². The zero-order chi connectivity index (χ0) is 8.27. The van der Waals surface area contributed by atoms with Crippen LogP contribution in [0, 0.1) is 5.92 Å². The molecular formula is C10H20O. The highest BCUT2D eigenvalue weighted by Gasteiger charge is 2.24. The summed E-state index contributed by atoms with van der Waals surface area (Å²) in [5.74, 6) is 0.920. The first-order valence-corrected chi connectivity index (χ1v) is 4.91. The summed E-state index contributed by atoms with van der Waals surface area (Å²) >= 11 is 0. The second-order valence-electron chi connectivity index (χ2n) is 3.72.